The molecule has 0 fully saturated rings. The van der Waals surface area contributed by atoms with Gasteiger partial charge in [-0.25, -0.2) is 9.97 Å². The molecule has 4 rings (SSSR count). The fourth-order valence-electron chi connectivity index (χ4n) is 2.84. The molecule has 8 nitrogen and oxygen atoms in total. The molecular formula is C19H19N7O. The molecule has 136 valence electrons. The summed E-state index contributed by atoms with van der Waals surface area (Å²) in [6, 6.07) is 7.86. The number of hydrogen-bond acceptors (Lipinski definition) is 7. The SMILES string of the molecule is CC=Cc1nc(NCc2nnc(C)o2)c2c(ccn2Cc2ccccn2)n1. The van der Waals surface area contributed by atoms with Crippen LogP contribution in [0.5, 0.6) is 0 Å². The molecule has 4 aromatic rings. The molecule has 0 aromatic carbocycles. The normalized spacial score (nSPS) is 11.5. The van der Waals surface area contributed by atoms with E-state index in [2.05, 4.69) is 35.0 Å². The summed E-state index contributed by atoms with van der Waals surface area (Å²) < 4.78 is 7.53. The topological polar surface area (TPSA) is 94.6 Å². The fraction of sp³-hybridized carbons (Fsp3) is 0.211. The summed E-state index contributed by atoms with van der Waals surface area (Å²) in [6.45, 7) is 4.72. The van der Waals surface area contributed by atoms with Gasteiger partial charge in [-0.15, -0.1) is 10.2 Å². The van der Waals surface area contributed by atoms with Gasteiger partial charge in [0, 0.05) is 19.3 Å². The van der Waals surface area contributed by atoms with Gasteiger partial charge < -0.3 is 14.3 Å². The molecular weight excluding hydrogens is 342 g/mol. The number of fused-ring (bicyclic) bond motifs is 1. The third-order valence-corrected chi connectivity index (χ3v) is 3.98. The predicted molar refractivity (Wildman–Crippen MR) is 102 cm³/mol. The van der Waals surface area contributed by atoms with E-state index in [0.29, 0.717) is 36.5 Å². The number of allylic oxidation sites excluding steroid dienone is 1. The highest BCUT2D eigenvalue weighted by atomic mass is 16.4. The van der Waals surface area contributed by atoms with E-state index < -0.39 is 0 Å². The van der Waals surface area contributed by atoms with Crippen LogP contribution >= 0.6 is 0 Å². The zero-order chi connectivity index (χ0) is 18.6. The van der Waals surface area contributed by atoms with Gasteiger partial charge in [0.05, 0.1) is 24.3 Å². The standard InChI is InChI=1S/C19H19N7O/c1-3-6-16-22-15-8-10-26(12-14-7-4-5-9-20-14)18(15)19(23-16)21-11-17-25-24-13(2)27-17/h3-10H,11-12H2,1-2H3,(H,21,22,23). The van der Waals surface area contributed by atoms with Crippen LogP contribution in [0.3, 0.4) is 0 Å². The first-order valence-electron chi connectivity index (χ1n) is 8.65. The lowest BCUT2D eigenvalue weighted by molar-refractivity contribution is 0.474. The average Bonchev–Trinajstić information content (AvgIpc) is 3.27. The number of aromatic nitrogens is 6. The number of hydrogen-bond donors (Lipinski definition) is 1. The van der Waals surface area contributed by atoms with Crippen LogP contribution in [0.1, 0.15) is 30.2 Å². The van der Waals surface area contributed by atoms with Crippen molar-refractivity contribution in [3.05, 3.63) is 66.0 Å². The van der Waals surface area contributed by atoms with Crippen molar-refractivity contribution < 1.29 is 4.42 Å². The first-order chi connectivity index (χ1) is 13.2. The number of nitrogens with zero attached hydrogens (tertiary/aromatic N) is 6. The Hall–Kier alpha value is -3.55. The summed E-state index contributed by atoms with van der Waals surface area (Å²) in [5.74, 6) is 2.40. The van der Waals surface area contributed by atoms with Gasteiger partial charge in [-0.3, -0.25) is 4.98 Å². The van der Waals surface area contributed by atoms with Crippen molar-refractivity contribution in [1.29, 1.82) is 0 Å². The highest BCUT2D eigenvalue weighted by Crippen LogP contribution is 2.23. The Bertz CT molecular complexity index is 1080. The predicted octanol–water partition coefficient (Wildman–Crippen LogP) is 3.21. The maximum Gasteiger partial charge on any atom is 0.235 e. The first-order valence-corrected chi connectivity index (χ1v) is 8.65. The molecule has 1 N–H and O–H groups in total. The van der Waals surface area contributed by atoms with E-state index >= 15 is 0 Å². The molecule has 0 saturated carbocycles. The number of anilines is 1. The van der Waals surface area contributed by atoms with Crippen molar-refractivity contribution in [2.24, 2.45) is 0 Å². The Labute approximate surface area is 156 Å². The highest BCUT2D eigenvalue weighted by Gasteiger charge is 2.13. The van der Waals surface area contributed by atoms with Crippen LogP contribution in [0.2, 0.25) is 0 Å². The molecule has 0 aliphatic rings. The van der Waals surface area contributed by atoms with Crippen molar-refractivity contribution in [1.82, 2.24) is 29.7 Å². The minimum absolute atomic E-state index is 0.386. The summed E-state index contributed by atoms with van der Waals surface area (Å²) in [7, 11) is 0. The van der Waals surface area contributed by atoms with Gasteiger partial charge >= 0.3 is 0 Å². The molecule has 0 spiro atoms. The van der Waals surface area contributed by atoms with E-state index in [-0.39, 0.29) is 0 Å². The minimum atomic E-state index is 0.386. The number of nitrogens with one attached hydrogen (secondary N) is 1. The summed E-state index contributed by atoms with van der Waals surface area (Å²) in [5, 5.41) is 11.2. The lowest BCUT2D eigenvalue weighted by Crippen LogP contribution is -2.08. The molecule has 8 heteroatoms. The largest absolute Gasteiger partial charge is 0.424 e. The van der Waals surface area contributed by atoms with Gasteiger partial charge in [-0.05, 0) is 31.2 Å². The highest BCUT2D eigenvalue weighted by molar-refractivity contribution is 5.87. The van der Waals surface area contributed by atoms with Crippen LogP contribution < -0.4 is 5.32 Å². The Balaban J connectivity index is 1.72. The van der Waals surface area contributed by atoms with Crippen LogP contribution in [0.25, 0.3) is 17.1 Å². The maximum atomic E-state index is 5.44. The Morgan fingerprint density at radius 1 is 1.19 bits per heavy atom. The summed E-state index contributed by atoms with van der Waals surface area (Å²) in [4.78, 5) is 13.7. The third kappa shape index (κ3) is 3.69. The fourth-order valence-corrected chi connectivity index (χ4v) is 2.84. The van der Waals surface area contributed by atoms with Crippen LogP contribution in [0, 0.1) is 6.92 Å². The van der Waals surface area contributed by atoms with Crippen molar-refractivity contribution in [2.45, 2.75) is 26.9 Å². The zero-order valence-corrected chi connectivity index (χ0v) is 15.1. The smallest absolute Gasteiger partial charge is 0.235 e. The zero-order valence-electron chi connectivity index (χ0n) is 15.1. The molecule has 0 unspecified atom stereocenters. The Morgan fingerprint density at radius 2 is 2.11 bits per heavy atom. The number of aryl methyl sites for hydroxylation is 1. The molecule has 0 aliphatic heterocycles. The Kier molecular flexibility index (Phi) is 4.61. The van der Waals surface area contributed by atoms with E-state index in [9.17, 15) is 0 Å². The van der Waals surface area contributed by atoms with Crippen LogP contribution in [-0.4, -0.2) is 29.7 Å². The Morgan fingerprint density at radius 3 is 2.85 bits per heavy atom. The second-order valence-electron chi connectivity index (χ2n) is 6.00. The molecule has 0 saturated heterocycles. The van der Waals surface area contributed by atoms with Crippen molar-refractivity contribution >= 4 is 22.9 Å². The van der Waals surface area contributed by atoms with E-state index in [1.54, 1.807) is 13.1 Å². The monoisotopic (exact) mass is 361 g/mol. The van der Waals surface area contributed by atoms with Crippen LogP contribution in [-0.2, 0) is 13.1 Å². The third-order valence-electron chi connectivity index (χ3n) is 3.98. The van der Waals surface area contributed by atoms with Crippen molar-refractivity contribution in [3.63, 3.8) is 0 Å². The van der Waals surface area contributed by atoms with Gasteiger partial charge in [-0.2, -0.15) is 0 Å². The lowest BCUT2D eigenvalue weighted by Gasteiger charge is -2.10. The van der Waals surface area contributed by atoms with Crippen molar-refractivity contribution in [3.8, 4) is 0 Å². The summed E-state index contributed by atoms with van der Waals surface area (Å²) in [6.07, 6.45) is 7.57. The summed E-state index contributed by atoms with van der Waals surface area (Å²) >= 11 is 0. The molecule has 27 heavy (non-hydrogen) atoms. The molecule has 0 aliphatic carbocycles. The number of pyridine rings is 1. The first kappa shape index (κ1) is 16.9. The molecule has 0 atom stereocenters. The molecule has 4 heterocycles. The quantitative estimate of drug-likeness (QED) is 0.563. The van der Waals surface area contributed by atoms with Crippen molar-refractivity contribution in [2.75, 3.05) is 5.32 Å². The van der Waals surface area contributed by atoms with Gasteiger partial charge in [0.15, 0.2) is 11.6 Å². The second kappa shape index (κ2) is 7.36. The van der Waals surface area contributed by atoms with E-state index in [4.69, 9.17) is 4.42 Å². The second-order valence-corrected chi connectivity index (χ2v) is 6.00. The average molecular weight is 361 g/mol. The van der Waals surface area contributed by atoms with Crippen LogP contribution in [0.15, 0.2) is 47.2 Å². The van der Waals surface area contributed by atoms with E-state index in [0.717, 1.165) is 16.7 Å². The maximum absolute atomic E-state index is 5.44. The van der Waals surface area contributed by atoms with Gasteiger partial charge in [-0.1, -0.05) is 12.1 Å². The number of rotatable bonds is 6. The molecule has 0 amide bonds. The molecule has 0 radical (unpaired) electrons. The van der Waals surface area contributed by atoms with Gasteiger partial charge in [0.2, 0.25) is 11.8 Å². The van der Waals surface area contributed by atoms with Gasteiger partial charge in [0.1, 0.15) is 5.52 Å². The van der Waals surface area contributed by atoms with E-state index in [1.807, 2.05) is 49.5 Å². The molecule has 0 bridgehead atoms. The lowest BCUT2D eigenvalue weighted by atomic mass is 10.3. The molecule has 4 aromatic heterocycles. The van der Waals surface area contributed by atoms with Crippen LogP contribution in [0.4, 0.5) is 5.82 Å². The van der Waals surface area contributed by atoms with E-state index in [1.165, 1.54) is 0 Å². The summed E-state index contributed by atoms with van der Waals surface area (Å²) in [5.41, 5.74) is 2.73. The minimum Gasteiger partial charge on any atom is -0.424 e. The van der Waals surface area contributed by atoms with Gasteiger partial charge in [0.25, 0.3) is 0 Å².